The molecule has 3 N–H and O–H groups in total. The highest BCUT2D eigenvalue weighted by Gasteiger charge is 2.15. The van der Waals surface area contributed by atoms with Crippen LogP contribution in [0.4, 0.5) is 0 Å². The first-order chi connectivity index (χ1) is 9.24. The SMILES string of the molecule is COc1ccc(Cl)cc1CC(NN)c1cnccn1. The highest BCUT2D eigenvalue weighted by molar-refractivity contribution is 6.30. The second-order valence-electron chi connectivity index (χ2n) is 4.01. The van der Waals surface area contributed by atoms with Gasteiger partial charge in [0, 0.05) is 17.4 Å². The highest BCUT2D eigenvalue weighted by Crippen LogP contribution is 2.26. The number of benzene rings is 1. The first-order valence-electron chi connectivity index (χ1n) is 5.79. The molecule has 0 saturated carbocycles. The molecule has 19 heavy (non-hydrogen) atoms. The number of ether oxygens (including phenoxy) is 1. The molecule has 1 atom stereocenters. The number of nitrogens with two attached hydrogens (primary N) is 1. The van der Waals surface area contributed by atoms with Gasteiger partial charge >= 0.3 is 0 Å². The van der Waals surface area contributed by atoms with Gasteiger partial charge < -0.3 is 4.74 Å². The topological polar surface area (TPSA) is 73.1 Å². The molecule has 0 saturated heterocycles. The second kappa shape index (κ2) is 6.47. The lowest BCUT2D eigenvalue weighted by molar-refractivity contribution is 0.405. The van der Waals surface area contributed by atoms with Crippen molar-refractivity contribution in [3.05, 3.63) is 53.1 Å². The van der Waals surface area contributed by atoms with Gasteiger partial charge in [0.15, 0.2) is 0 Å². The minimum atomic E-state index is -0.152. The van der Waals surface area contributed by atoms with Crippen LogP contribution in [0.15, 0.2) is 36.8 Å². The lowest BCUT2D eigenvalue weighted by Gasteiger charge is -2.17. The van der Waals surface area contributed by atoms with E-state index in [0.29, 0.717) is 11.4 Å². The van der Waals surface area contributed by atoms with Crippen LogP contribution in [-0.4, -0.2) is 17.1 Å². The molecule has 0 spiro atoms. The maximum Gasteiger partial charge on any atom is 0.122 e. The zero-order chi connectivity index (χ0) is 13.7. The van der Waals surface area contributed by atoms with Gasteiger partial charge in [-0.1, -0.05) is 11.6 Å². The number of hydrazine groups is 1. The molecule has 0 aliphatic heterocycles. The van der Waals surface area contributed by atoms with Gasteiger partial charge in [0.05, 0.1) is 25.0 Å². The summed E-state index contributed by atoms with van der Waals surface area (Å²) in [6.07, 6.45) is 5.55. The number of hydrogen-bond acceptors (Lipinski definition) is 5. The number of aromatic nitrogens is 2. The van der Waals surface area contributed by atoms with Gasteiger partial charge in [0.2, 0.25) is 0 Å². The smallest absolute Gasteiger partial charge is 0.122 e. The zero-order valence-corrected chi connectivity index (χ0v) is 11.3. The molecule has 2 rings (SSSR count). The van der Waals surface area contributed by atoms with Crippen molar-refractivity contribution >= 4 is 11.6 Å². The third-order valence-corrected chi connectivity index (χ3v) is 3.04. The summed E-state index contributed by atoms with van der Waals surface area (Å²) in [5.41, 5.74) is 4.47. The lowest BCUT2D eigenvalue weighted by Crippen LogP contribution is -2.30. The van der Waals surface area contributed by atoms with Crippen molar-refractivity contribution in [2.45, 2.75) is 12.5 Å². The van der Waals surface area contributed by atoms with Crippen LogP contribution in [0.3, 0.4) is 0 Å². The van der Waals surface area contributed by atoms with Crippen molar-refractivity contribution in [2.75, 3.05) is 7.11 Å². The predicted octanol–water partition coefficient (Wildman–Crippen LogP) is 1.89. The van der Waals surface area contributed by atoms with Crippen LogP contribution < -0.4 is 16.0 Å². The van der Waals surface area contributed by atoms with Gasteiger partial charge in [-0.3, -0.25) is 21.2 Å². The number of halogens is 1. The maximum atomic E-state index is 6.01. The molecule has 1 heterocycles. The summed E-state index contributed by atoms with van der Waals surface area (Å²) in [7, 11) is 1.62. The normalized spacial score (nSPS) is 12.2. The van der Waals surface area contributed by atoms with Gasteiger partial charge in [-0.2, -0.15) is 0 Å². The molecule has 5 nitrogen and oxygen atoms in total. The molecule has 0 aliphatic rings. The molecular weight excluding hydrogens is 264 g/mol. The van der Waals surface area contributed by atoms with Gasteiger partial charge in [0.25, 0.3) is 0 Å². The van der Waals surface area contributed by atoms with Crippen LogP contribution in [0.5, 0.6) is 5.75 Å². The van der Waals surface area contributed by atoms with Crippen molar-refractivity contribution in [3.63, 3.8) is 0 Å². The van der Waals surface area contributed by atoms with Crippen LogP contribution in [0, 0.1) is 0 Å². The molecule has 1 unspecified atom stereocenters. The minimum absolute atomic E-state index is 0.152. The maximum absolute atomic E-state index is 6.01. The largest absolute Gasteiger partial charge is 0.496 e. The van der Waals surface area contributed by atoms with E-state index in [9.17, 15) is 0 Å². The average molecular weight is 279 g/mol. The fourth-order valence-corrected chi connectivity index (χ4v) is 2.06. The van der Waals surface area contributed by atoms with Crippen molar-refractivity contribution in [3.8, 4) is 5.75 Å². The number of methoxy groups -OCH3 is 1. The van der Waals surface area contributed by atoms with Crippen LogP contribution >= 0.6 is 11.6 Å². The van der Waals surface area contributed by atoms with Crippen LogP contribution in [0.25, 0.3) is 0 Å². The predicted molar refractivity (Wildman–Crippen MR) is 73.8 cm³/mol. The Labute approximate surface area is 116 Å². The van der Waals surface area contributed by atoms with E-state index in [1.807, 2.05) is 12.1 Å². The summed E-state index contributed by atoms with van der Waals surface area (Å²) in [6, 6.07) is 5.33. The molecule has 2 aromatic rings. The second-order valence-corrected chi connectivity index (χ2v) is 4.45. The lowest BCUT2D eigenvalue weighted by atomic mass is 10.0. The monoisotopic (exact) mass is 278 g/mol. The van der Waals surface area contributed by atoms with Crippen molar-refractivity contribution < 1.29 is 4.74 Å². The Hall–Kier alpha value is -1.69. The van der Waals surface area contributed by atoms with Crippen molar-refractivity contribution in [2.24, 2.45) is 5.84 Å². The summed E-state index contributed by atoms with van der Waals surface area (Å²) in [5, 5.41) is 0.658. The molecule has 100 valence electrons. The van der Waals surface area contributed by atoms with Crippen LogP contribution in [0.1, 0.15) is 17.3 Å². The van der Waals surface area contributed by atoms with Crippen molar-refractivity contribution in [1.29, 1.82) is 0 Å². The summed E-state index contributed by atoms with van der Waals surface area (Å²) in [6.45, 7) is 0. The van der Waals surface area contributed by atoms with Gasteiger partial charge in [-0.25, -0.2) is 0 Å². The fourth-order valence-electron chi connectivity index (χ4n) is 1.87. The summed E-state index contributed by atoms with van der Waals surface area (Å²) >= 11 is 6.01. The highest BCUT2D eigenvalue weighted by atomic mass is 35.5. The third-order valence-electron chi connectivity index (χ3n) is 2.81. The van der Waals surface area contributed by atoms with Crippen LogP contribution in [-0.2, 0) is 6.42 Å². The first kappa shape index (κ1) is 13.7. The van der Waals surface area contributed by atoms with Crippen LogP contribution in [0.2, 0.25) is 5.02 Å². The third kappa shape index (κ3) is 3.41. The van der Waals surface area contributed by atoms with Gasteiger partial charge in [-0.05, 0) is 30.2 Å². The number of nitrogens with one attached hydrogen (secondary N) is 1. The van der Waals surface area contributed by atoms with Gasteiger partial charge in [0.1, 0.15) is 5.75 Å². The van der Waals surface area contributed by atoms with Crippen molar-refractivity contribution in [1.82, 2.24) is 15.4 Å². The fraction of sp³-hybridized carbons (Fsp3) is 0.231. The quantitative estimate of drug-likeness (QED) is 0.645. The number of rotatable bonds is 5. The minimum Gasteiger partial charge on any atom is -0.496 e. The Balaban J connectivity index is 2.26. The van der Waals surface area contributed by atoms with E-state index in [1.165, 1.54) is 0 Å². The first-order valence-corrected chi connectivity index (χ1v) is 6.17. The Kier molecular flexibility index (Phi) is 4.68. The number of hydrogen-bond donors (Lipinski definition) is 2. The van der Waals surface area contributed by atoms with Gasteiger partial charge in [-0.15, -0.1) is 0 Å². The molecule has 0 fully saturated rings. The molecule has 0 aliphatic carbocycles. The molecule has 0 radical (unpaired) electrons. The Morgan fingerprint density at radius 2 is 2.26 bits per heavy atom. The van der Waals surface area contributed by atoms with E-state index in [1.54, 1.807) is 31.8 Å². The Morgan fingerprint density at radius 1 is 1.42 bits per heavy atom. The summed E-state index contributed by atoms with van der Waals surface area (Å²) in [4.78, 5) is 8.29. The van der Waals surface area contributed by atoms with E-state index in [2.05, 4.69) is 15.4 Å². The molecule has 1 aromatic heterocycles. The molecule has 0 bridgehead atoms. The summed E-state index contributed by atoms with van der Waals surface area (Å²) in [5.74, 6) is 6.36. The molecule has 0 amide bonds. The van der Waals surface area contributed by atoms with E-state index in [0.717, 1.165) is 17.0 Å². The average Bonchev–Trinajstić information content (AvgIpc) is 2.46. The molecule has 1 aromatic carbocycles. The van der Waals surface area contributed by atoms with E-state index >= 15 is 0 Å². The van der Waals surface area contributed by atoms with E-state index < -0.39 is 0 Å². The molecular formula is C13H15ClN4O. The molecule has 6 heteroatoms. The standard InChI is InChI=1S/C13H15ClN4O/c1-19-13-3-2-10(14)6-9(13)7-11(18-15)12-8-16-4-5-17-12/h2-6,8,11,18H,7,15H2,1H3. The zero-order valence-electron chi connectivity index (χ0n) is 10.5. The van der Waals surface area contributed by atoms with E-state index in [4.69, 9.17) is 22.2 Å². The number of nitrogens with zero attached hydrogens (tertiary/aromatic N) is 2. The Morgan fingerprint density at radius 3 is 2.89 bits per heavy atom. The Bertz CT molecular complexity index is 535. The summed E-state index contributed by atoms with van der Waals surface area (Å²) < 4.78 is 5.32. The van der Waals surface area contributed by atoms with E-state index in [-0.39, 0.29) is 6.04 Å².